The van der Waals surface area contributed by atoms with Crippen LogP contribution in [-0.2, 0) is 14.3 Å². The van der Waals surface area contributed by atoms with E-state index in [1.54, 1.807) is 6.08 Å². The summed E-state index contributed by atoms with van der Waals surface area (Å²) in [4.78, 5) is 12.9. The highest BCUT2D eigenvalue weighted by atomic mass is 16.7. The summed E-state index contributed by atoms with van der Waals surface area (Å²) in [5.41, 5.74) is 0. The molecule has 1 aliphatic heterocycles. The first-order valence-electron chi connectivity index (χ1n) is 22.2. The topological polar surface area (TPSA) is 149 Å². The lowest BCUT2D eigenvalue weighted by Crippen LogP contribution is -2.60. The highest BCUT2D eigenvalue weighted by Crippen LogP contribution is 2.22. The zero-order valence-electron chi connectivity index (χ0n) is 35.1. The molecule has 6 N–H and O–H groups in total. The Morgan fingerprint density at radius 3 is 1.62 bits per heavy atom. The van der Waals surface area contributed by atoms with E-state index in [9.17, 15) is 30.3 Å². The van der Waals surface area contributed by atoms with E-state index in [-0.39, 0.29) is 18.9 Å². The molecule has 0 aromatic heterocycles. The van der Waals surface area contributed by atoms with Crippen molar-refractivity contribution in [1.29, 1.82) is 0 Å². The second-order valence-corrected chi connectivity index (χ2v) is 15.1. The molecular formula is C47H81NO8. The summed E-state index contributed by atoms with van der Waals surface area (Å²) in [7, 11) is 0. The summed E-state index contributed by atoms with van der Waals surface area (Å²) in [6.07, 6.45) is 42.3. The fourth-order valence-electron chi connectivity index (χ4n) is 6.48. The largest absolute Gasteiger partial charge is 0.394 e. The van der Waals surface area contributed by atoms with Crippen LogP contribution in [0, 0.1) is 0 Å². The molecule has 0 spiro atoms. The van der Waals surface area contributed by atoms with Gasteiger partial charge < -0.3 is 40.3 Å². The number of allylic oxidation sites excluding steroid dienone is 11. The molecule has 1 fully saturated rings. The van der Waals surface area contributed by atoms with E-state index in [1.807, 2.05) is 6.08 Å². The first-order chi connectivity index (χ1) is 27.3. The number of hydrogen-bond acceptors (Lipinski definition) is 8. The monoisotopic (exact) mass is 788 g/mol. The molecule has 7 atom stereocenters. The van der Waals surface area contributed by atoms with Crippen LogP contribution in [0.5, 0.6) is 0 Å². The molecular weight excluding hydrogens is 707 g/mol. The molecule has 1 aliphatic rings. The third kappa shape index (κ3) is 27.3. The average Bonchev–Trinajstić information content (AvgIpc) is 3.20. The van der Waals surface area contributed by atoms with Gasteiger partial charge in [0.05, 0.1) is 25.4 Å². The van der Waals surface area contributed by atoms with Gasteiger partial charge in [0.15, 0.2) is 6.29 Å². The van der Waals surface area contributed by atoms with Crippen molar-refractivity contribution < 1.29 is 39.8 Å². The van der Waals surface area contributed by atoms with Crippen molar-refractivity contribution in [3.05, 3.63) is 72.9 Å². The average molecular weight is 788 g/mol. The summed E-state index contributed by atoms with van der Waals surface area (Å²) < 4.78 is 11.2. The van der Waals surface area contributed by atoms with Crippen molar-refractivity contribution in [2.45, 2.75) is 204 Å². The maximum atomic E-state index is 12.9. The Kier molecular flexibility index (Phi) is 34.1. The maximum absolute atomic E-state index is 12.9. The van der Waals surface area contributed by atoms with Crippen molar-refractivity contribution in [1.82, 2.24) is 5.32 Å². The van der Waals surface area contributed by atoms with Crippen molar-refractivity contribution in [2.24, 2.45) is 0 Å². The highest BCUT2D eigenvalue weighted by Gasteiger charge is 2.44. The van der Waals surface area contributed by atoms with Crippen LogP contribution in [0.25, 0.3) is 0 Å². The summed E-state index contributed by atoms with van der Waals surface area (Å²) >= 11 is 0. The second-order valence-electron chi connectivity index (χ2n) is 15.1. The van der Waals surface area contributed by atoms with Gasteiger partial charge in [0.2, 0.25) is 5.91 Å². The third-order valence-electron chi connectivity index (χ3n) is 10.0. The van der Waals surface area contributed by atoms with Gasteiger partial charge in [-0.1, -0.05) is 170 Å². The van der Waals surface area contributed by atoms with E-state index >= 15 is 0 Å². The van der Waals surface area contributed by atoms with Crippen LogP contribution in [0.3, 0.4) is 0 Å². The molecule has 0 aromatic rings. The molecule has 1 heterocycles. The van der Waals surface area contributed by atoms with Crippen molar-refractivity contribution in [3.8, 4) is 0 Å². The van der Waals surface area contributed by atoms with E-state index in [4.69, 9.17) is 9.47 Å². The normalized spacial score (nSPS) is 21.9. The zero-order chi connectivity index (χ0) is 40.9. The zero-order valence-corrected chi connectivity index (χ0v) is 35.1. The quantitative estimate of drug-likeness (QED) is 0.0276. The lowest BCUT2D eigenvalue weighted by Gasteiger charge is -2.40. The molecule has 0 saturated carbocycles. The van der Waals surface area contributed by atoms with E-state index in [2.05, 4.69) is 79.9 Å². The van der Waals surface area contributed by atoms with Crippen LogP contribution in [0.15, 0.2) is 72.9 Å². The molecule has 0 bridgehead atoms. The van der Waals surface area contributed by atoms with E-state index in [0.717, 1.165) is 57.8 Å². The Labute approximate surface area is 340 Å². The molecule has 7 unspecified atom stereocenters. The van der Waals surface area contributed by atoms with Gasteiger partial charge in [-0.2, -0.15) is 0 Å². The van der Waals surface area contributed by atoms with Crippen molar-refractivity contribution in [2.75, 3.05) is 13.2 Å². The lowest BCUT2D eigenvalue weighted by atomic mass is 9.99. The Hall–Kier alpha value is -2.37. The van der Waals surface area contributed by atoms with Crippen LogP contribution < -0.4 is 5.32 Å². The van der Waals surface area contributed by atoms with Gasteiger partial charge >= 0.3 is 0 Å². The first-order valence-corrected chi connectivity index (χ1v) is 22.2. The number of aliphatic hydroxyl groups is 5. The summed E-state index contributed by atoms with van der Waals surface area (Å²) in [5.74, 6) is -0.237. The van der Waals surface area contributed by atoms with Crippen LogP contribution >= 0.6 is 0 Å². The van der Waals surface area contributed by atoms with Gasteiger partial charge in [-0.25, -0.2) is 0 Å². The molecule has 9 nitrogen and oxygen atoms in total. The van der Waals surface area contributed by atoms with Gasteiger partial charge in [0, 0.05) is 6.42 Å². The molecule has 0 radical (unpaired) electrons. The lowest BCUT2D eigenvalue weighted by molar-refractivity contribution is -0.302. The molecule has 1 rings (SSSR count). The fraction of sp³-hybridized carbons (Fsp3) is 0.723. The van der Waals surface area contributed by atoms with Crippen LogP contribution in [0.2, 0.25) is 0 Å². The number of aliphatic hydroxyl groups excluding tert-OH is 5. The summed E-state index contributed by atoms with van der Waals surface area (Å²) in [5, 5.41) is 54.1. The standard InChI is InChI=1S/C47H81NO8/c1-3-5-7-9-11-13-15-17-19-21-23-25-27-29-31-33-35-37-43(51)48-40(39-55-47-46(54)45(53)44(52)42(38-49)56-47)41(50)36-34-32-30-28-26-24-22-20-18-16-14-12-10-8-6-4-2/h5,7,11,13,17,19,23,25,29,31,34,36,40-42,44-47,49-50,52-54H,3-4,6,8-10,12,14-16,18,20-22,24,26-28,30,32-33,35,37-39H2,1-2H3,(H,48,51)/b7-5-,13-11-,19-17-,25-23-,31-29-,36-34+. The molecule has 1 saturated heterocycles. The maximum Gasteiger partial charge on any atom is 0.220 e. The first kappa shape index (κ1) is 51.6. The smallest absolute Gasteiger partial charge is 0.220 e. The molecule has 1 amide bonds. The minimum absolute atomic E-state index is 0.215. The molecule has 322 valence electrons. The van der Waals surface area contributed by atoms with Gasteiger partial charge in [-0.15, -0.1) is 0 Å². The number of unbranched alkanes of at least 4 members (excludes halogenated alkanes) is 15. The Balaban J connectivity index is 2.44. The van der Waals surface area contributed by atoms with Crippen LogP contribution in [0.4, 0.5) is 0 Å². The summed E-state index contributed by atoms with van der Waals surface area (Å²) in [6, 6.07) is -0.837. The molecule has 9 heteroatoms. The summed E-state index contributed by atoms with van der Waals surface area (Å²) in [6.45, 7) is 3.61. The highest BCUT2D eigenvalue weighted by molar-refractivity contribution is 5.76. The predicted molar refractivity (Wildman–Crippen MR) is 230 cm³/mol. The third-order valence-corrected chi connectivity index (χ3v) is 10.0. The number of nitrogens with one attached hydrogen (secondary N) is 1. The molecule has 0 aliphatic carbocycles. The number of carbonyl (C=O) groups is 1. The van der Waals surface area contributed by atoms with Gasteiger partial charge in [-0.05, 0) is 57.8 Å². The van der Waals surface area contributed by atoms with E-state index in [1.165, 1.54) is 77.0 Å². The SMILES string of the molecule is CC/C=C\C/C=C\C/C=C\C/C=C\C/C=C\CCCC(=O)NC(COC1OC(CO)C(O)C(O)C1O)C(O)/C=C/CCCCCCCCCCCCCCCC. The number of amides is 1. The van der Waals surface area contributed by atoms with Gasteiger partial charge in [0.25, 0.3) is 0 Å². The Morgan fingerprint density at radius 1 is 0.625 bits per heavy atom. The number of rotatable bonds is 35. The van der Waals surface area contributed by atoms with Gasteiger partial charge in [0.1, 0.15) is 24.4 Å². The minimum Gasteiger partial charge on any atom is -0.394 e. The number of carbonyl (C=O) groups excluding carboxylic acids is 1. The molecule has 56 heavy (non-hydrogen) atoms. The van der Waals surface area contributed by atoms with Crippen LogP contribution in [0.1, 0.15) is 162 Å². The minimum atomic E-state index is -1.58. The fourth-order valence-corrected chi connectivity index (χ4v) is 6.48. The van der Waals surface area contributed by atoms with E-state index in [0.29, 0.717) is 6.42 Å². The molecule has 0 aromatic carbocycles. The Bertz CT molecular complexity index is 1100. The van der Waals surface area contributed by atoms with Crippen LogP contribution in [-0.4, -0.2) is 87.5 Å². The van der Waals surface area contributed by atoms with Crippen molar-refractivity contribution >= 4 is 5.91 Å². The van der Waals surface area contributed by atoms with Gasteiger partial charge in [-0.3, -0.25) is 4.79 Å². The predicted octanol–water partition coefficient (Wildman–Crippen LogP) is 9.00. The number of hydrogen-bond donors (Lipinski definition) is 6. The second kappa shape index (κ2) is 36.9. The van der Waals surface area contributed by atoms with Crippen molar-refractivity contribution in [3.63, 3.8) is 0 Å². The van der Waals surface area contributed by atoms with E-state index < -0.39 is 49.5 Å². The Morgan fingerprint density at radius 2 is 1.11 bits per heavy atom. The number of ether oxygens (including phenoxy) is 2.